The maximum atomic E-state index is 12.1. The van der Waals surface area contributed by atoms with Crippen LogP contribution in [-0.2, 0) is 9.53 Å². The molecule has 0 aliphatic rings. The van der Waals surface area contributed by atoms with Crippen molar-refractivity contribution >= 4 is 23.5 Å². The molecule has 0 aliphatic carbocycles. The molecule has 0 saturated carbocycles. The van der Waals surface area contributed by atoms with Crippen LogP contribution in [0.5, 0.6) is 0 Å². The summed E-state index contributed by atoms with van der Waals surface area (Å²) in [5, 5.41) is 3.22. The Labute approximate surface area is 133 Å². The number of halogens is 1. The molecule has 1 aromatic carbocycles. The molecule has 2 rings (SSSR count). The van der Waals surface area contributed by atoms with Crippen LogP contribution in [0.2, 0.25) is 5.02 Å². The lowest BCUT2D eigenvalue weighted by Gasteiger charge is -2.19. The summed E-state index contributed by atoms with van der Waals surface area (Å²) in [6.45, 7) is 2.00. The summed E-state index contributed by atoms with van der Waals surface area (Å²) in [4.78, 5) is 23.9. The molecule has 5 nitrogen and oxygen atoms in total. The van der Waals surface area contributed by atoms with Crippen LogP contribution in [0.3, 0.4) is 0 Å². The Bertz CT molecular complexity index is 639. The first kappa shape index (κ1) is 16.1. The van der Waals surface area contributed by atoms with Gasteiger partial charge in [0, 0.05) is 5.02 Å². The number of rotatable bonds is 6. The van der Waals surface area contributed by atoms with Crippen molar-refractivity contribution in [2.75, 3.05) is 6.61 Å². The van der Waals surface area contributed by atoms with E-state index in [9.17, 15) is 9.59 Å². The molecule has 0 fully saturated rings. The summed E-state index contributed by atoms with van der Waals surface area (Å²) < 4.78 is 10.0. The standard InChI is InChI=1S/C16H16ClNO4/c1-2-21-15(19)10-13(11-6-3-4-7-12(11)17)18-16(20)14-8-5-9-22-14/h3-9,13H,2,10H2,1H3,(H,18,20)/t13-/m0/s1. The number of carbonyl (C=O) groups is 2. The quantitative estimate of drug-likeness (QED) is 0.828. The summed E-state index contributed by atoms with van der Waals surface area (Å²) in [6, 6.07) is 9.60. The third-order valence-electron chi connectivity index (χ3n) is 3.01. The molecule has 1 amide bonds. The third kappa shape index (κ3) is 4.11. The van der Waals surface area contributed by atoms with Crippen LogP contribution < -0.4 is 5.32 Å². The van der Waals surface area contributed by atoms with Crippen molar-refractivity contribution in [1.82, 2.24) is 5.32 Å². The van der Waals surface area contributed by atoms with E-state index in [1.807, 2.05) is 0 Å². The second kappa shape index (κ2) is 7.66. The van der Waals surface area contributed by atoms with Gasteiger partial charge in [0.1, 0.15) is 0 Å². The van der Waals surface area contributed by atoms with Crippen LogP contribution in [0, 0.1) is 0 Å². The number of esters is 1. The minimum absolute atomic E-state index is 0.00990. The largest absolute Gasteiger partial charge is 0.466 e. The molecule has 1 aromatic heterocycles. The van der Waals surface area contributed by atoms with Crippen LogP contribution >= 0.6 is 11.6 Å². The molecular weight excluding hydrogens is 306 g/mol. The fraction of sp³-hybridized carbons (Fsp3) is 0.250. The van der Waals surface area contributed by atoms with Gasteiger partial charge >= 0.3 is 5.97 Å². The zero-order valence-electron chi connectivity index (χ0n) is 12.0. The molecular formula is C16H16ClNO4. The maximum absolute atomic E-state index is 12.1. The summed E-state index contributed by atoms with van der Waals surface area (Å²) in [6.07, 6.45) is 1.40. The third-order valence-corrected chi connectivity index (χ3v) is 3.35. The van der Waals surface area contributed by atoms with E-state index in [2.05, 4.69) is 5.32 Å². The van der Waals surface area contributed by atoms with Gasteiger partial charge in [0.2, 0.25) is 0 Å². The molecule has 0 aliphatic heterocycles. The van der Waals surface area contributed by atoms with Crippen LogP contribution in [0.15, 0.2) is 47.1 Å². The van der Waals surface area contributed by atoms with Gasteiger partial charge in [-0.3, -0.25) is 9.59 Å². The van der Waals surface area contributed by atoms with E-state index in [1.165, 1.54) is 6.26 Å². The van der Waals surface area contributed by atoms with Crippen molar-refractivity contribution in [1.29, 1.82) is 0 Å². The minimum atomic E-state index is -0.592. The van der Waals surface area contributed by atoms with E-state index in [-0.39, 0.29) is 18.8 Å². The van der Waals surface area contributed by atoms with Crippen molar-refractivity contribution < 1.29 is 18.7 Å². The highest BCUT2D eigenvalue weighted by Gasteiger charge is 2.22. The summed E-state index contributed by atoms with van der Waals surface area (Å²) in [7, 11) is 0. The molecule has 0 spiro atoms. The fourth-order valence-electron chi connectivity index (χ4n) is 2.02. The molecule has 0 saturated heterocycles. The number of ether oxygens (including phenoxy) is 1. The molecule has 0 bridgehead atoms. The van der Waals surface area contributed by atoms with E-state index in [1.54, 1.807) is 43.3 Å². The molecule has 0 unspecified atom stereocenters. The Hall–Kier alpha value is -2.27. The van der Waals surface area contributed by atoms with E-state index < -0.39 is 17.9 Å². The maximum Gasteiger partial charge on any atom is 0.308 e. The van der Waals surface area contributed by atoms with Gasteiger partial charge in [-0.15, -0.1) is 0 Å². The predicted octanol–water partition coefficient (Wildman–Crippen LogP) is 3.36. The highest BCUT2D eigenvalue weighted by Crippen LogP contribution is 2.26. The number of carbonyl (C=O) groups excluding carboxylic acids is 2. The van der Waals surface area contributed by atoms with Gasteiger partial charge in [-0.25, -0.2) is 0 Å². The van der Waals surface area contributed by atoms with Gasteiger partial charge in [0.15, 0.2) is 5.76 Å². The molecule has 22 heavy (non-hydrogen) atoms. The first-order valence-corrected chi connectivity index (χ1v) is 7.24. The van der Waals surface area contributed by atoms with Crippen LogP contribution in [-0.4, -0.2) is 18.5 Å². The smallest absolute Gasteiger partial charge is 0.308 e. The predicted molar refractivity (Wildman–Crippen MR) is 81.6 cm³/mol. The fourth-order valence-corrected chi connectivity index (χ4v) is 2.29. The van der Waals surface area contributed by atoms with E-state index in [0.29, 0.717) is 10.6 Å². The van der Waals surface area contributed by atoms with Crippen molar-refractivity contribution in [2.45, 2.75) is 19.4 Å². The topological polar surface area (TPSA) is 68.5 Å². The first-order chi connectivity index (χ1) is 10.6. The molecule has 6 heteroatoms. The number of benzene rings is 1. The lowest BCUT2D eigenvalue weighted by atomic mass is 10.0. The van der Waals surface area contributed by atoms with Crippen molar-refractivity contribution in [2.24, 2.45) is 0 Å². The molecule has 116 valence electrons. The highest BCUT2D eigenvalue weighted by molar-refractivity contribution is 6.31. The Morgan fingerprint density at radius 1 is 1.27 bits per heavy atom. The van der Waals surface area contributed by atoms with Gasteiger partial charge in [0.25, 0.3) is 5.91 Å². The van der Waals surface area contributed by atoms with Crippen molar-refractivity contribution in [3.05, 3.63) is 59.0 Å². The molecule has 0 radical (unpaired) electrons. The summed E-state index contributed by atoms with van der Waals surface area (Å²) in [5.74, 6) is -0.660. The number of amides is 1. The van der Waals surface area contributed by atoms with Crippen molar-refractivity contribution in [3.63, 3.8) is 0 Å². The van der Waals surface area contributed by atoms with Gasteiger partial charge in [0.05, 0.1) is 25.3 Å². The summed E-state index contributed by atoms with van der Waals surface area (Å²) >= 11 is 6.16. The number of furan rings is 1. The second-order valence-corrected chi connectivity index (χ2v) is 4.94. The Kier molecular flexibility index (Phi) is 5.61. The molecule has 1 atom stereocenters. The Morgan fingerprint density at radius 2 is 2.05 bits per heavy atom. The van der Waals surface area contributed by atoms with Crippen LogP contribution in [0.25, 0.3) is 0 Å². The number of nitrogens with one attached hydrogen (secondary N) is 1. The number of hydrogen-bond donors (Lipinski definition) is 1. The van der Waals surface area contributed by atoms with Gasteiger partial charge in [-0.2, -0.15) is 0 Å². The zero-order valence-corrected chi connectivity index (χ0v) is 12.8. The lowest BCUT2D eigenvalue weighted by molar-refractivity contribution is -0.143. The average molecular weight is 322 g/mol. The average Bonchev–Trinajstić information content (AvgIpc) is 3.01. The SMILES string of the molecule is CCOC(=O)C[C@H](NC(=O)c1ccco1)c1ccccc1Cl. The zero-order chi connectivity index (χ0) is 15.9. The minimum Gasteiger partial charge on any atom is -0.466 e. The van der Waals surface area contributed by atoms with E-state index in [0.717, 1.165) is 0 Å². The van der Waals surface area contributed by atoms with E-state index in [4.69, 9.17) is 20.8 Å². The van der Waals surface area contributed by atoms with Gasteiger partial charge in [-0.05, 0) is 30.7 Å². The summed E-state index contributed by atoms with van der Waals surface area (Å²) in [5.41, 5.74) is 0.650. The Morgan fingerprint density at radius 3 is 2.68 bits per heavy atom. The monoisotopic (exact) mass is 321 g/mol. The van der Waals surface area contributed by atoms with Crippen molar-refractivity contribution in [3.8, 4) is 0 Å². The normalized spacial score (nSPS) is 11.7. The molecule has 1 heterocycles. The first-order valence-electron chi connectivity index (χ1n) is 6.86. The number of hydrogen-bond acceptors (Lipinski definition) is 4. The Balaban J connectivity index is 2.20. The second-order valence-electron chi connectivity index (χ2n) is 4.53. The van der Waals surface area contributed by atoms with Gasteiger partial charge < -0.3 is 14.5 Å². The van der Waals surface area contributed by atoms with Crippen LogP contribution in [0.1, 0.15) is 35.5 Å². The lowest BCUT2D eigenvalue weighted by Crippen LogP contribution is -2.30. The van der Waals surface area contributed by atoms with Gasteiger partial charge in [-0.1, -0.05) is 29.8 Å². The van der Waals surface area contributed by atoms with Crippen LogP contribution in [0.4, 0.5) is 0 Å². The highest BCUT2D eigenvalue weighted by atomic mass is 35.5. The molecule has 1 N–H and O–H groups in total. The van der Waals surface area contributed by atoms with E-state index >= 15 is 0 Å². The molecule has 2 aromatic rings.